The molecule has 1 heteroatoms. The van der Waals surface area contributed by atoms with Crippen molar-refractivity contribution in [1.29, 1.82) is 0 Å². The maximum atomic E-state index is 2.31. The van der Waals surface area contributed by atoms with Gasteiger partial charge < -0.3 is 0 Å². The smallest absolute Gasteiger partial charge is 0.0878 e. The second-order valence-corrected chi connectivity index (χ2v) is 3.92. The largest absolute Gasteiger partial charge is 0.139 e. The van der Waals surface area contributed by atoms with Crippen molar-refractivity contribution in [2.75, 3.05) is 0 Å². The van der Waals surface area contributed by atoms with Crippen molar-refractivity contribution in [1.82, 2.24) is 0 Å². The number of rotatable bonds is 0. The van der Waals surface area contributed by atoms with E-state index in [0.717, 1.165) is 0 Å². The molecule has 33 valence electrons. The van der Waals surface area contributed by atoms with Crippen LogP contribution in [-0.2, 0) is 0 Å². The molecule has 2 heterocycles. The second-order valence-electron chi connectivity index (χ2n) is 1.77. The van der Waals surface area contributed by atoms with Gasteiger partial charge in [-0.1, -0.05) is 34.8 Å². The Morgan fingerprint density at radius 1 is 1.29 bits per heavy atom. The summed E-state index contributed by atoms with van der Waals surface area (Å²) >= 11 is 0. The van der Waals surface area contributed by atoms with Gasteiger partial charge in [0.05, 0.1) is 0 Å². The zero-order chi connectivity index (χ0) is 4.69. The fourth-order valence-corrected chi connectivity index (χ4v) is 2.28. The molecule has 0 saturated heterocycles. The zero-order valence-corrected chi connectivity index (χ0v) is 4.89. The first-order chi connectivity index (χ1) is 3.47. The van der Waals surface area contributed by atoms with Crippen LogP contribution in [0.1, 0.15) is 0 Å². The molecule has 0 aromatic heterocycles. The molecular weight excluding hydrogens is 100 g/mol. The molecule has 2 aliphatic heterocycles. The Labute approximate surface area is 44.5 Å². The van der Waals surface area contributed by atoms with Crippen LogP contribution >= 0.6 is 0 Å². The van der Waals surface area contributed by atoms with Crippen molar-refractivity contribution in [3.8, 4) is 0 Å². The maximum absolute atomic E-state index is 2.31. The Balaban J connectivity index is 2.51. The summed E-state index contributed by atoms with van der Waals surface area (Å²) in [6.45, 7) is 0. The lowest BCUT2D eigenvalue weighted by molar-refractivity contribution is 1.81. The van der Waals surface area contributed by atoms with Crippen molar-refractivity contribution in [3.05, 3.63) is 34.8 Å². The van der Waals surface area contributed by atoms with E-state index in [4.69, 9.17) is 0 Å². The standard InChI is InChI=1S/C6H5Si/c1-2-6-3-5-7(6)4-1/h1-5H. The SMILES string of the molecule is C1=C[Si]2C=CC2=C1. The van der Waals surface area contributed by atoms with Gasteiger partial charge in [-0.15, -0.1) is 0 Å². The molecule has 0 unspecified atom stereocenters. The van der Waals surface area contributed by atoms with Crippen LogP contribution < -0.4 is 0 Å². The first kappa shape index (κ1) is 3.44. The second kappa shape index (κ2) is 0.983. The molecule has 0 aromatic carbocycles. The Bertz CT molecular complexity index is 167. The average Bonchev–Trinajstić information content (AvgIpc) is 1.85. The van der Waals surface area contributed by atoms with Gasteiger partial charge in [-0.2, -0.15) is 0 Å². The summed E-state index contributed by atoms with van der Waals surface area (Å²) < 4.78 is 0. The number of fused-ring (bicyclic) bond motifs is 1. The minimum Gasteiger partial charge on any atom is -0.0878 e. The molecule has 2 aliphatic rings. The highest BCUT2D eigenvalue weighted by Crippen LogP contribution is 2.20. The van der Waals surface area contributed by atoms with Crippen LogP contribution in [0.25, 0.3) is 0 Å². The summed E-state index contributed by atoms with van der Waals surface area (Å²) in [6, 6.07) is 0. The molecule has 0 fully saturated rings. The van der Waals surface area contributed by atoms with E-state index in [0.29, 0.717) is 0 Å². The minimum atomic E-state index is -0.154. The monoisotopic (exact) mass is 105 g/mol. The normalized spacial score (nSPS) is 24.3. The summed E-state index contributed by atoms with van der Waals surface area (Å²) in [5.74, 6) is 0. The van der Waals surface area contributed by atoms with E-state index >= 15 is 0 Å². The van der Waals surface area contributed by atoms with E-state index in [1.165, 1.54) is 0 Å². The Morgan fingerprint density at radius 2 is 2.29 bits per heavy atom. The topological polar surface area (TPSA) is 0 Å². The van der Waals surface area contributed by atoms with Gasteiger partial charge in [-0.05, 0) is 0 Å². The molecular formula is C6H5Si. The molecule has 0 nitrogen and oxygen atoms in total. The third-order valence-corrected chi connectivity index (χ3v) is 3.40. The highest BCUT2D eigenvalue weighted by molar-refractivity contribution is 6.81. The van der Waals surface area contributed by atoms with Crippen molar-refractivity contribution in [3.63, 3.8) is 0 Å². The van der Waals surface area contributed by atoms with Crippen LogP contribution in [0.2, 0.25) is 0 Å². The minimum absolute atomic E-state index is 0.154. The quantitative estimate of drug-likeness (QED) is 0.406. The van der Waals surface area contributed by atoms with Gasteiger partial charge in [0.25, 0.3) is 0 Å². The number of hydrogen-bond acceptors (Lipinski definition) is 0. The third-order valence-electron chi connectivity index (χ3n) is 1.33. The lowest BCUT2D eigenvalue weighted by Gasteiger charge is -2.09. The molecule has 0 N–H and O–H groups in total. The van der Waals surface area contributed by atoms with Crippen LogP contribution in [-0.4, -0.2) is 8.80 Å². The Morgan fingerprint density at radius 3 is 2.57 bits per heavy atom. The maximum Gasteiger partial charge on any atom is 0.139 e. The first-order valence-corrected chi connectivity index (χ1v) is 4.06. The summed E-state index contributed by atoms with van der Waals surface area (Å²) in [5, 5.41) is 1.57. The van der Waals surface area contributed by atoms with E-state index in [-0.39, 0.29) is 8.80 Å². The molecule has 2 rings (SSSR count). The average molecular weight is 105 g/mol. The lowest BCUT2D eigenvalue weighted by atomic mass is 10.5. The van der Waals surface area contributed by atoms with Gasteiger partial charge in [0.1, 0.15) is 8.80 Å². The molecule has 0 spiro atoms. The molecule has 0 atom stereocenters. The van der Waals surface area contributed by atoms with Crippen LogP contribution in [0.15, 0.2) is 34.8 Å². The summed E-state index contributed by atoms with van der Waals surface area (Å²) in [6.07, 6.45) is 6.56. The zero-order valence-electron chi connectivity index (χ0n) is 3.89. The van der Waals surface area contributed by atoms with Crippen LogP contribution in [0.4, 0.5) is 0 Å². The fourth-order valence-electron chi connectivity index (χ4n) is 0.835. The molecule has 7 heavy (non-hydrogen) atoms. The molecule has 1 radical (unpaired) electrons. The predicted molar refractivity (Wildman–Crippen MR) is 32.1 cm³/mol. The molecule has 0 saturated carbocycles. The van der Waals surface area contributed by atoms with Crippen molar-refractivity contribution < 1.29 is 0 Å². The summed E-state index contributed by atoms with van der Waals surface area (Å²) in [4.78, 5) is 0. The summed E-state index contributed by atoms with van der Waals surface area (Å²) in [7, 11) is -0.154. The molecule has 0 amide bonds. The molecule has 0 aromatic rings. The van der Waals surface area contributed by atoms with E-state index in [1.807, 2.05) is 0 Å². The van der Waals surface area contributed by atoms with Gasteiger partial charge in [-0.25, -0.2) is 0 Å². The van der Waals surface area contributed by atoms with Crippen molar-refractivity contribution in [2.24, 2.45) is 0 Å². The molecule has 0 aliphatic carbocycles. The highest BCUT2D eigenvalue weighted by atomic mass is 28.3. The Kier molecular flexibility index (Phi) is 0.483. The van der Waals surface area contributed by atoms with E-state index in [1.54, 1.807) is 5.20 Å². The summed E-state index contributed by atoms with van der Waals surface area (Å²) in [5.41, 5.74) is 4.61. The van der Waals surface area contributed by atoms with Gasteiger partial charge >= 0.3 is 0 Å². The number of hydrogen-bond donors (Lipinski definition) is 0. The van der Waals surface area contributed by atoms with E-state index in [9.17, 15) is 0 Å². The lowest BCUT2D eigenvalue weighted by Crippen LogP contribution is -2.13. The first-order valence-electron chi connectivity index (χ1n) is 2.40. The van der Waals surface area contributed by atoms with Crippen LogP contribution in [0.5, 0.6) is 0 Å². The van der Waals surface area contributed by atoms with E-state index < -0.39 is 0 Å². The molecule has 0 bridgehead atoms. The fraction of sp³-hybridized carbons (Fsp3) is 0. The van der Waals surface area contributed by atoms with Crippen molar-refractivity contribution >= 4 is 8.80 Å². The van der Waals surface area contributed by atoms with Crippen molar-refractivity contribution in [2.45, 2.75) is 0 Å². The van der Waals surface area contributed by atoms with Crippen LogP contribution in [0.3, 0.4) is 0 Å². The van der Waals surface area contributed by atoms with Gasteiger partial charge in [0, 0.05) is 0 Å². The van der Waals surface area contributed by atoms with Gasteiger partial charge in [-0.3, -0.25) is 0 Å². The van der Waals surface area contributed by atoms with Gasteiger partial charge in [0.15, 0.2) is 0 Å². The Hall–Kier alpha value is -0.563. The third kappa shape index (κ3) is 0.308. The number of allylic oxidation sites excluding steroid dienone is 4. The van der Waals surface area contributed by atoms with E-state index in [2.05, 4.69) is 29.6 Å². The van der Waals surface area contributed by atoms with Gasteiger partial charge in [0.2, 0.25) is 0 Å². The predicted octanol–water partition coefficient (Wildman–Crippen LogP) is 1.16. The highest BCUT2D eigenvalue weighted by Gasteiger charge is 2.17. The van der Waals surface area contributed by atoms with Crippen LogP contribution in [0, 0.1) is 0 Å².